The van der Waals surface area contributed by atoms with Crippen LogP contribution in [-0.4, -0.2) is 31.3 Å². The van der Waals surface area contributed by atoms with Gasteiger partial charge in [-0.05, 0) is 36.0 Å². The van der Waals surface area contributed by atoms with Gasteiger partial charge in [-0.15, -0.1) is 0 Å². The lowest BCUT2D eigenvalue weighted by Crippen LogP contribution is -2.53. The highest BCUT2D eigenvalue weighted by Crippen LogP contribution is 2.42. The number of amides is 3. The molecule has 0 unspecified atom stereocenters. The number of nitrogens with zero attached hydrogens (tertiary/aromatic N) is 1. The minimum Gasteiger partial charge on any atom is -0.355 e. The lowest BCUT2D eigenvalue weighted by molar-refractivity contribution is -0.145. The van der Waals surface area contributed by atoms with Gasteiger partial charge in [-0.1, -0.05) is 69.2 Å². The number of likely N-dealkylation sites (N-methyl/N-ethyl adjacent to an activating group) is 1. The maximum atomic E-state index is 13.6. The van der Waals surface area contributed by atoms with Gasteiger partial charge in [-0.2, -0.15) is 0 Å². The Bertz CT molecular complexity index is 1040. The molecular formula is C26H31N3O3. The number of nitrogens with one attached hydrogen (secondary N) is 2. The summed E-state index contributed by atoms with van der Waals surface area (Å²) in [6.07, 6.45) is 2.65. The Kier molecular flexibility index (Phi) is 6.04. The van der Waals surface area contributed by atoms with Crippen LogP contribution in [0.3, 0.4) is 0 Å². The van der Waals surface area contributed by atoms with Crippen molar-refractivity contribution in [3.63, 3.8) is 0 Å². The monoisotopic (exact) mass is 433 g/mol. The molecule has 1 fully saturated rings. The van der Waals surface area contributed by atoms with Crippen molar-refractivity contribution in [3.05, 3.63) is 54.1 Å². The minimum absolute atomic E-state index is 0.216. The predicted octanol–water partition coefficient (Wildman–Crippen LogP) is 3.82. The summed E-state index contributed by atoms with van der Waals surface area (Å²) in [5.74, 6) is -0.509. The van der Waals surface area contributed by atoms with Crippen molar-refractivity contribution in [2.24, 2.45) is 11.3 Å². The van der Waals surface area contributed by atoms with Gasteiger partial charge < -0.3 is 15.5 Å². The number of fused-ring (bicyclic) bond motifs is 3. The quantitative estimate of drug-likeness (QED) is 0.704. The Hall–Kier alpha value is -3.15. The molecule has 2 aromatic rings. The van der Waals surface area contributed by atoms with Gasteiger partial charge in [0.05, 0.1) is 5.69 Å². The minimum atomic E-state index is -1.12. The highest BCUT2D eigenvalue weighted by Gasteiger charge is 2.49. The van der Waals surface area contributed by atoms with Crippen LogP contribution in [0, 0.1) is 11.3 Å². The van der Waals surface area contributed by atoms with Crippen molar-refractivity contribution in [3.8, 4) is 11.1 Å². The normalized spacial score (nSPS) is 19.2. The fourth-order valence-corrected chi connectivity index (χ4v) is 4.84. The van der Waals surface area contributed by atoms with Gasteiger partial charge in [0.2, 0.25) is 11.8 Å². The molecule has 6 nitrogen and oxygen atoms in total. The molecule has 168 valence electrons. The molecule has 2 aliphatic rings. The number of hydrogen-bond acceptors (Lipinski definition) is 3. The van der Waals surface area contributed by atoms with Crippen molar-refractivity contribution in [2.45, 2.75) is 45.6 Å². The van der Waals surface area contributed by atoms with Crippen LogP contribution in [0.1, 0.15) is 51.1 Å². The smallest absolute Gasteiger partial charge is 0.253 e. The zero-order valence-electron chi connectivity index (χ0n) is 19.0. The number of carbonyl (C=O) groups excluding carboxylic acids is 3. The van der Waals surface area contributed by atoms with Crippen LogP contribution in [0.5, 0.6) is 0 Å². The molecule has 32 heavy (non-hydrogen) atoms. The molecule has 0 spiro atoms. The third kappa shape index (κ3) is 3.78. The molecule has 0 aromatic heterocycles. The Morgan fingerprint density at radius 1 is 1.00 bits per heavy atom. The fourth-order valence-electron chi connectivity index (χ4n) is 4.84. The average Bonchev–Trinajstić information content (AvgIpc) is 3.28. The maximum absolute atomic E-state index is 13.6. The first kappa shape index (κ1) is 22.1. The summed E-state index contributed by atoms with van der Waals surface area (Å²) in [6.45, 7) is 4.57. The summed E-state index contributed by atoms with van der Waals surface area (Å²) < 4.78 is 0. The van der Waals surface area contributed by atoms with Crippen LogP contribution in [0.4, 0.5) is 5.69 Å². The van der Waals surface area contributed by atoms with Crippen molar-refractivity contribution >= 4 is 23.4 Å². The van der Waals surface area contributed by atoms with E-state index in [1.54, 1.807) is 11.9 Å². The van der Waals surface area contributed by atoms with E-state index in [0.717, 1.165) is 35.2 Å². The standard InChI is InChI=1S/C26H31N3O3/c1-17(2)16-27-24(31)26(14-8-9-15-26)25(32)28-22-20-12-5-4-10-18(20)19-11-6-7-13-21(19)29(3)23(22)30/h4-7,10-13,17,22H,8-9,14-16H2,1-3H3,(H,27,31)(H,28,32)/t22-/m0/s1. The second-order valence-electron chi connectivity index (χ2n) is 9.30. The lowest BCUT2D eigenvalue weighted by atomic mass is 9.83. The number of hydrogen-bond donors (Lipinski definition) is 2. The molecule has 1 saturated carbocycles. The van der Waals surface area contributed by atoms with Gasteiger partial charge in [-0.25, -0.2) is 0 Å². The number of anilines is 1. The molecule has 2 aromatic carbocycles. The predicted molar refractivity (Wildman–Crippen MR) is 125 cm³/mol. The molecule has 0 saturated heterocycles. The van der Waals surface area contributed by atoms with Gasteiger partial charge in [-0.3, -0.25) is 14.4 Å². The lowest BCUT2D eigenvalue weighted by Gasteiger charge is -2.30. The van der Waals surface area contributed by atoms with Crippen molar-refractivity contribution < 1.29 is 14.4 Å². The van der Waals surface area contributed by atoms with Crippen LogP contribution >= 0.6 is 0 Å². The Balaban J connectivity index is 1.69. The second kappa shape index (κ2) is 8.77. The molecule has 1 aliphatic carbocycles. The molecule has 1 heterocycles. The Morgan fingerprint density at radius 3 is 2.31 bits per heavy atom. The summed E-state index contributed by atoms with van der Waals surface area (Å²) in [4.78, 5) is 41.9. The maximum Gasteiger partial charge on any atom is 0.253 e. The van der Waals surface area contributed by atoms with Gasteiger partial charge in [0.1, 0.15) is 11.5 Å². The van der Waals surface area contributed by atoms with E-state index in [9.17, 15) is 14.4 Å². The van der Waals surface area contributed by atoms with E-state index in [4.69, 9.17) is 0 Å². The van der Waals surface area contributed by atoms with E-state index in [0.29, 0.717) is 25.3 Å². The van der Waals surface area contributed by atoms with E-state index >= 15 is 0 Å². The van der Waals surface area contributed by atoms with Gasteiger partial charge >= 0.3 is 0 Å². The fraction of sp³-hybridized carbons (Fsp3) is 0.423. The highest BCUT2D eigenvalue weighted by atomic mass is 16.2. The number of rotatable bonds is 5. The summed E-state index contributed by atoms with van der Waals surface area (Å²) in [7, 11) is 1.73. The van der Waals surface area contributed by atoms with E-state index in [1.807, 2.05) is 62.4 Å². The largest absolute Gasteiger partial charge is 0.355 e. The Morgan fingerprint density at radius 2 is 1.62 bits per heavy atom. The van der Waals surface area contributed by atoms with Gasteiger partial charge in [0.15, 0.2) is 0 Å². The number of benzene rings is 2. The van der Waals surface area contributed by atoms with E-state index in [2.05, 4.69) is 10.6 Å². The molecule has 4 rings (SSSR count). The van der Waals surface area contributed by atoms with Crippen LogP contribution in [0.15, 0.2) is 48.5 Å². The zero-order chi connectivity index (χ0) is 22.9. The molecule has 1 atom stereocenters. The summed E-state index contributed by atoms with van der Waals surface area (Å²) in [6, 6.07) is 14.5. The molecule has 1 aliphatic heterocycles. The summed E-state index contributed by atoms with van der Waals surface area (Å²) in [5.41, 5.74) is 2.28. The summed E-state index contributed by atoms with van der Waals surface area (Å²) >= 11 is 0. The molecule has 3 amide bonds. The van der Waals surface area contributed by atoms with Gasteiger partial charge in [0, 0.05) is 19.2 Å². The van der Waals surface area contributed by atoms with E-state index in [1.165, 1.54) is 0 Å². The molecule has 0 bridgehead atoms. The van der Waals surface area contributed by atoms with E-state index < -0.39 is 11.5 Å². The van der Waals surface area contributed by atoms with Crippen LogP contribution in [0.25, 0.3) is 11.1 Å². The van der Waals surface area contributed by atoms with Gasteiger partial charge in [0.25, 0.3) is 5.91 Å². The number of carbonyl (C=O) groups is 3. The van der Waals surface area contributed by atoms with Crippen molar-refractivity contribution in [2.75, 3.05) is 18.5 Å². The van der Waals surface area contributed by atoms with E-state index in [-0.39, 0.29) is 17.7 Å². The highest BCUT2D eigenvalue weighted by molar-refractivity contribution is 6.09. The topological polar surface area (TPSA) is 78.5 Å². The Labute approximate surface area is 189 Å². The first-order valence-electron chi connectivity index (χ1n) is 11.4. The molecular weight excluding hydrogens is 402 g/mol. The third-order valence-electron chi connectivity index (χ3n) is 6.68. The molecule has 6 heteroatoms. The average molecular weight is 434 g/mol. The van der Waals surface area contributed by atoms with Crippen LogP contribution in [0.2, 0.25) is 0 Å². The molecule has 0 radical (unpaired) electrons. The van der Waals surface area contributed by atoms with Crippen LogP contribution < -0.4 is 15.5 Å². The summed E-state index contributed by atoms with van der Waals surface area (Å²) in [5, 5.41) is 5.94. The van der Waals surface area contributed by atoms with Crippen molar-refractivity contribution in [1.82, 2.24) is 10.6 Å². The van der Waals surface area contributed by atoms with Crippen LogP contribution in [-0.2, 0) is 14.4 Å². The second-order valence-corrected chi connectivity index (χ2v) is 9.30. The molecule has 2 N–H and O–H groups in total. The SMILES string of the molecule is CC(C)CNC(=O)C1(C(=O)N[C@@H]2C(=O)N(C)c3ccccc3-c3ccccc32)CCCC1. The number of para-hydroxylation sites is 1. The first-order chi connectivity index (χ1) is 15.3. The third-order valence-corrected chi connectivity index (χ3v) is 6.68. The zero-order valence-corrected chi connectivity index (χ0v) is 19.0. The first-order valence-corrected chi connectivity index (χ1v) is 11.4. The van der Waals surface area contributed by atoms with Crippen molar-refractivity contribution in [1.29, 1.82) is 0 Å².